The summed E-state index contributed by atoms with van der Waals surface area (Å²) in [6.07, 6.45) is 1.56. The van der Waals surface area contributed by atoms with Gasteiger partial charge in [0.25, 0.3) is 0 Å². The molecule has 1 atom stereocenters. The summed E-state index contributed by atoms with van der Waals surface area (Å²) in [6, 6.07) is 6.71. The summed E-state index contributed by atoms with van der Waals surface area (Å²) < 4.78 is 5.82. The van der Waals surface area contributed by atoms with Gasteiger partial charge >= 0.3 is 0 Å². The number of amides is 1. The molecule has 25 heavy (non-hydrogen) atoms. The topological polar surface area (TPSA) is 44.8 Å². The molecule has 2 fully saturated rings. The number of benzene rings is 1. The average molecular weight is 368 g/mol. The highest BCUT2D eigenvalue weighted by molar-refractivity contribution is 5.85. The van der Waals surface area contributed by atoms with Crippen molar-refractivity contribution in [2.75, 3.05) is 45.9 Å². The molecule has 0 spiro atoms. The summed E-state index contributed by atoms with van der Waals surface area (Å²) >= 11 is 0. The first-order valence-electron chi connectivity index (χ1n) is 9.06. The van der Waals surface area contributed by atoms with E-state index in [1.807, 2.05) is 17.9 Å². The largest absolute Gasteiger partial charge is 0.493 e. The summed E-state index contributed by atoms with van der Waals surface area (Å²) in [5.74, 6) is 1.11. The molecule has 0 aromatic heterocycles. The van der Waals surface area contributed by atoms with Crippen LogP contribution in [0.3, 0.4) is 0 Å². The first-order valence-corrected chi connectivity index (χ1v) is 9.06. The molecule has 2 saturated heterocycles. The van der Waals surface area contributed by atoms with Crippen LogP contribution >= 0.6 is 12.4 Å². The Morgan fingerprint density at radius 2 is 2.00 bits per heavy atom. The molecule has 1 amide bonds. The first kappa shape index (κ1) is 20.0. The van der Waals surface area contributed by atoms with Gasteiger partial charge in [0.15, 0.2) is 0 Å². The van der Waals surface area contributed by atoms with Gasteiger partial charge in [0.1, 0.15) is 5.75 Å². The second-order valence-corrected chi connectivity index (χ2v) is 6.94. The molecule has 3 rings (SSSR count). The Bertz CT molecular complexity index is 576. The fourth-order valence-electron chi connectivity index (χ4n) is 3.58. The summed E-state index contributed by atoms with van der Waals surface area (Å²) in [7, 11) is 0. The number of ether oxygens (including phenoxy) is 1. The molecule has 0 aliphatic carbocycles. The minimum atomic E-state index is 0. The van der Waals surface area contributed by atoms with Crippen LogP contribution in [0.25, 0.3) is 0 Å². The maximum atomic E-state index is 12.4. The number of hydrogen-bond donors (Lipinski definition) is 1. The van der Waals surface area contributed by atoms with Crippen LogP contribution in [-0.4, -0.2) is 67.6 Å². The van der Waals surface area contributed by atoms with E-state index in [1.54, 1.807) is 0 Å². The summed E-state index contributed by atoms with van der Waals surface area (Å²) in [5, 5.41) is 3.39. The standard InChI is InChI=1S/C19H29N3O2.ClH/c1-15-3-4-16(2)18(13-15)24-12-6-19(23)22-9-5-17(14-22)21-10-7-20-8-11-21;/h3-4,13,17,20H,5-12,14H2,1-2H3;1H. The zero-order chi connectivity index (χ0) is 16.9. The van der Waals surface area contributed by atoms with Crippen LogP contribution in [0.2, 0.25) is 0 Å². The van der Waals surface area contributed by atoms with Crippen molar-refractivity contribution >= 4 is 18.3 Å². The van der Waals surface area contributed by atoms with Crippen molar-refractivity contribution in [2.45, 2.75) is 32.7 Å². The van der Waals surface area contributed by atoms with Gasteiger partial charge in [-0.15, -0.1) is 12.4 Å². The number of rotatable bonds is 5. The van der Waals surface area contributed by atoms with Crippen molar-refractivity contribution in [3.63, 3.8) is 0 Å². The third-order valence-corrected chi connectivity index (χ3v) is 5.10. The van der Waals surface area contributed by atoms with Gasteiger partial charge in [-0.25, -0.2) is 0 Å². The van der Waals surface area contributed by atoms with Crippen molar-refractivity contribution in [1.82, 2.24) is 15.1 Å². The number of nitrogens with one attached hydrogen (secondary N) is 1. The normalized spacial score (nSPS) is 21.0. The molecule has 2 heterocycles. The third kappa shape index (κ3) is 5.33. The third-order valence-electron chi connectivity index (χ3n) is 5.10. The molecule has 1 unspecified atom stereocenters. The summed E-state index contributed by atoms with van der Waals surface area (Å²) in [4.78, 5) is 17.0. The summed E-state index contributed by atoms with van der Waals surface area (Å²) in [5.41, 5.74) is 2.30. The van der Waals surface area contributed by atoms with E-state index in [2.05, 4.69) is 29.3 Å². The Morgan fingerprint density at radius 1 is 1.24 bits per heavy atom. The Hall–Kier alpha value is -1.30. The monoisotopic (exact) mass is 367 g/mol. The van der Waals surface area contributed by atoms with E-state index in [1.165, 1.54) is 5.56 Å². The van der Waals surface area contributed by atoms with Crippen LogP contribution in [0.1, 0.15) is 24.0 Å². The number of hydrogen-bond acceptors (Lipinski definition) is 4. The first-order chi connectivity index (χ1) is 11.6. The number of carbonyl (C=O) groups excluding carboxylic acids is 1. The van der Waals surface area contributed by atoms with Gasteiger partial charge in [-0.1, -0.05) is 12.1 Å². The van der Waals surface area contributed by atoms with Crippen molar-refractivity contribution in [2.24, 2.45) is 0 Å². The van der Waals surface area contributed by atoms with Crippen molar-refractivity contribution < 1.29 is 9.53 Å². The van der Waals surface area contributed by atoms with E-state index in [-0.39, 0.29) is 18.3 Å². The Labute approximate surface area is 157 Å². The van der Waals surface area contributed by atoms with Gasteiger partial charge < -0.3 is 15.0 Å². The van der Waals surface area contributed by atoms with E-state index >= 15 is 0 Å². The van der Waals surface area contributed by atoms with Gasteiger partial charge in [-0.3, -0.25) is 9.69 Å². The van der Waals surface area contributed by atoms with Crippen LogP contribution in [0.4, 0.5) is 0 Å². The van der Waals surface area contributed by atoms with Crippen LogP contribution in [0.5, 0.6) is 5.75 Å². The quantitative estimate of drug-likeness (QED) is 0.864. The molecule has 1 aromatic carbocycles. The molecule has 6 heteroatoms. The number of carbonyl (C=O) groups is 1. The number of likely N-dealkylation sites (tertiary alicyclic amines) is 1. The minimum Gasteiger partial charge on any atom is -0.493 e. The second kappa shape index (κ2) is 9.41. The fourth-order valence-corrected chi connectivity index (χ4v) is 3.58. The number of piperazine rings is 1. The van der Waals surface area contributed by atoms with Gasteiger partial charge in [-0.05, 0) is 37.5 Å². The van der Waals surface area contributed by atoms with Gasteiger partial charge in [0, 0.05) is 45.3 Å². The Balaban J connectivity index is 0.00000225. The number of halogens is 1. The molecule has 0 saturated carbocycles. The molecular weight excluding hydrogens is 338 g/mol. The fraction of sp³-hybridized carbons (Fsp3) is 0.632. The molecule has 2 aliphatic heterocycles. The van der Waals surface area contributed by atoms with Crippen LogP contribution < -0.4 is 10.1 Å². The molecule has 1 N–H and O–H groups in total. The second-order valence-electron chi connectivity index (χ2n) is 6.94. The molecular formula is C19H30ClN3O2. The molecule has 5 nitrogen and oxygen atoms in total. The van der Waals surface area contributed by atoms with Crippen molar-refractivity contribution in [3.05, 3.63) is 29.3 Å². The summed E-state index contributed by atoms with van der Waals surface area (Å²) in [6.45, 7) is 10.6. The van der Waals surface area contributed by atoms with Gasteiger partial charge in [0.05, 0.1) is 13.0 Å². The van der Waals surface area contributed by atoms with E-state index < -0.39 is 0 Å². The van der Waals surface area contributed by atoms with E-state index in [0.717, 1.165) is 57.0 Å². The lowest BCUT2D eigenvalue weighted by molar-refractivity contribution is -0.130. The predicted octanol–water partition coefficient (Wildman–Crippen LogP) is 2.00. The maximum absolute atomic E-state index is 12.4. The van der Waals surface area contributed by atoms with Gasteiger partial charge in [-0.2, -0.15) is 0 Å². The Kier molecular flexibility index (Phi) is 7.54. The molecule has 0 bridgehead atoms. The van der Waals surface area contributed by atoms with E-state index in [4.69, 9.17) is 4.74 Å². The lowest BCUT2D eigenvalue weighted by Crippen LogP contribution is -2.49. The van der Waals surface area contributed by atoms with Crippen LogP contribution in [0, 0.1) is 13.8 Å². The Morgan fingerprint density at radius 3 is 2.76 bits per heavy atom. The zero-order valence-corrected chi connectivity index (χ0v) is 16.1. The maximum Gasteiger partial charge on any atom is 0.226 e. The SMILES string of the molecule is Cc1ccc(C)c(OCCC(=O)N2CCC(N3CCNCC3)C2)c1.Cl. The average Bonchev–Trinajstić information content (AvgIpc) is 3.09. The smallest absolute Gasteiger partial charge is 0.226 e. The highest BCUT2D eigenvalue weighted by atomic mass is 35.5. The van der Waals surface area contributed by atoms with E-state index in [9.17, 15) is 4.79 Å². The highest BCUT2D eigenvalue weighted by Crippen LogP contribution is 2.20. The molecule has 140 valence electrons. The predicted molar refractivity (Wildman–Crippen MR) is 103 cm³/mol. The lowest BCUT2D eigenvalue weighted by Gasteiger charge is -2.32. The number of aryl methyl sites for hydroxylation is 2. The van der Waals surface area contributed by atoms with Crippen LogP contribution in [-0.2, 0) is 4.79 Å². The molecule has 2 aliphatic rings. The lowest BCUT2D eigenvalue weighted by atomic mass is 10.1. The molecule has 0 radical (unpaired) electrons. The van der Waals surface area contributed by atoms with Gasteiger partial charge in [0.2, 0.25) is 5.91 Å². The minimum absolute atomic E-state index is 0. The zero-order valence-electron chi connectivity index (χ0n) is 15.3. The number of nitrogens with zero attached hydrogens (tertiary/aromatic N) is 2. The molecule has 1 aromatic rings. The van der Waals surface area contributed by atoms with Crippen molar-refractivity contribution in [1.29, 1.82) is 0 Å². The van der Waals surface area contributed by atoms with E-state index in [0.29, 0.717) is 19.1 Å². The highest BCUT2D eigenvalue weighted by Gasteiger charge is 2.30. The van der Waals surface area contributed by atoms with Crippen LogP contribution in [0.15, 0.2) is 18.2 Å². The van der Waals surface area contributed by atoms with Crippen molar-refractivity contribution in [3.8, 4) is 5.75 Å².